The molecule has 0 spiro atoms. The number of nitro groups is 1. The Balaban J connectivity index is 2.45. The van der Waals surface area contributed by atoms with Gasteiger partial charge in [0.15, 0.2) is 5.78 Å². The van der Waals surface area contributed by atoms with Crippen LogP contribution in [0.4, 0.5) is 11.4 Å². The highest BCUT2D eigenvalue weighted by atomic mass is 32.2. The van der Waals surface area contributed by atoms with Crippen molar-refractivity contribution in [1.29, 1.82) is 0 Å². The number of nitrogens with zero attached hydrogens (tertiary/aromatic N) is 2. The molecule has 0 N–H and O–H groups in total. The summed E-state index contributed by atoms with van der Waals surface area (Å²) in [6.45, 7) is 2.98. The van der Waals surface area contributed by atoms with Crippen molar-refractivity contribution < 1.29 is 18.1 Å². The Kier molecular flexibility index (Phi) is 5.22. The van der Waals surface area contributed by atoms with Crippen molar-refractivity contribution in [2.75, 3.05) is 10.6 Å². The van der Waals surface area contributed by atoms with Crippen molar-refractivity contribution in [2.24, 2.45) is 0 Å². The predicted molar refractivity (Wildman–Crippen MR) is 95.3 cm³/mol. The molecule has 0 amide bonds. The van der Waals surface area contributed by atoms with Crippen LogP contribution in [-0.4, -0.2) is 25.4 Å². The van der Waals surface area contributed by atoms with Crippen molar-refractivity contribution >= 4 is 27.2 Å². The average molecular weight is 362 g/mol. The molecule has 0 bridgehead atoms. The summed E-state index contributed by atoms with van der Waals surface area (Å²) in [7, 11) is -3.62. The highest BCUT2D eigenvalue weighted by Gasteiger charge is 2.21. The monoisotopic (exact) mass is 362 g/mol. The van der Waals surface area contributed by atoms with Gasteiger partial charge in [-0.1, -0.05) is 12.1 Å². The lowest BCUT2D eigenvalue weighted by Crippen LogP contribution is -2.29. The normalized spacial score (nSPS) is 11.2. The van der Waals surface area contributed by atoms with Gasteiger partial charge in [-0.2, -0.15) is 0 Å². The first-order valence-corrected chi connectivity index (χ1v) is 9.27. The number of hydrogen-bond donors (Lipinski definition) is 0. The molecule has 0 saturated carbocycles. The fourth-order valence-corrected chi connectivity index (χ4v) is 3.33. The van der Waals surface area contributed by atoms with E-state index in [1.165, 1.54) is 19.1 Å². The quantitative estimate of drug-likeness (QED) is 0.447. The van der Waals surface area contributed by atoms with Gasteiger partial charge in [0.2, 0.25) is 10.0 Å². The van der Waals surface area contributed by atoms with Crippen LogP contribution in [0, 0.1) is 17.0 Å². The maximum absolute atomic E-state index is 12.2. The van der Waals surface area contributed by atoms with E-state index in [-0.39, 0.29) is 18.0 Å². The smallest absolute Gasteiger partial charge is 0.272 e. The molecular formula is C17H18N2O5S. The molecule has 2 rings (SSSR count). The van der Waals surface area contributed by atoms with E-state index in [0.717, 1.165) is 10.6 Å². The summed E-state index contributed by atoms with van der Waals surface area (Å²) in [5, 5.41) is 11.1. The largest absolute Gasteiger partial charge is 0.295 e. The molecule has 8 heteroatoms. The summed E-state index contributed by atoms with van der Waals surface area (Å²) in [6, 6.07) is 10.8. The Hall–Kier alpha value is -2.74. The minimum atomic E-state index is -3.62. The second-order valence-corrected chi connectivity index (χ2v) is 7.60. The standard InChI is InChI=1S/C17H18N2O5S/c1-12-15(5-4-6-17(12)19(21)22)11-18(25(3,23)24)16-9-7-14(8-10-16)13(2)20/h4-10H,11H2,1-3H3. The molecule has 0 radical (unpaired) electrons. The van der Waals surface area contributed by atoms with E-state index in [1.807, 2.05) is 0 Å². The van der Waals surface area contributed by atoms with Crippen LogP contribution in [0.25, 0.3) is 0 Å². The van der Waals surface area contributed by atoms with Gasteiger partial charge in [-0.15, -0.1) is 0 Å². The summed E-state index contributed by atoms with van der Waals surface area (Å²) in [5.74, 6) is -0.119. The predicted octanol–water partition coefficient (Wildman–Crippen LogP) is 3.07. The first-order valence-electron chi connectivity index (χ1n) is 7.43. The zero-order valence-electron chi connectivity index (χ0n) is 14.1. The molecule has 2 aromatic carbocycles. The van der Waals surface area contributed by atoms with Gasteiger partial charge in [0, 0.05) is 17.2 Å². The van der Waals surface area contributed by atoms with Gasteiger partial charge < -0.3 is 0 Å². The van der Waals surface area contributed by atoms with Crippen LogP contribution in [0.2, 0.25) is 0 Å². The number of benzene rings is 2. The van der Waals surface area contributed by atoms with Crippen molar-refractivity contribution in [1.82, 2.24) is 0 Å². The third kappa shape index (κ3) is 4.21. The lowest BCUT2D eigenvalue weighted by Gasteiger charge is -2.23. The first kappa shape index (κ1) is 18.6. The van der Waals surface area contributed by atoms with E-state index in [9.17, 15) is 23.3 Å². The summed E-state index contributed by atoms with van der Waals surface area (Å²) in [6.07, 6.45) is 1.07. The Morgan fingerprint density at radius 2 is 1.76 bits per heavy atom. The lowest BCUT2D eigenvalue weighted by atomic mass is 10.1. The van der Waals surface area contributed by atoms with Crippen LogP contribution in [0.3, 0.4) is 0 Å². The third-order valence-electron chi connectivity index (χ3n) is 3.89. The molecular weight excluding hydrogens is 344 g/mol. The van der Waals surface area contributed by atoms with Crippen LogP contribution >= 0.6 is 0 Å². The highest BCUT2D eigenvalue weighted by Crippen LogP contribution is 2.26. The van der Waals surface area contributed by atoms with Gasteiger partial charge in [-0.3, -0.25) is 19.2 Å². The Bertz CT molecular complexity index is 921. The Labute approximate surface area is 146 Å². The third-order valence-corrected chi connectivity index (χ3v) is 5.03. The molecule has 0 unspecified atom stereocenters. The number of nitro benzene ring substituents is 1. The molecule has 2 aromatic rings. The lowest BCUT2D eigenvalue weighted by molar-refractivity contribution is -0.385. The number of carbonyl (C=O) groups is 1. The van der Waals surface area contributed by atoms with Crippen molar-refractivity contribution in [3.05, 3.63) is 69.3 Å². The second-order valence-electron chi connectivity index (χ2n) is 5.69. The van der Waals surface area contributed by atoms with E-state index in [1.54, 1.807) is 37.3 Å². The van der Waals surface area contributed by atoms with Crippen LogP contribution in [0.5, 0.6) is 0 Å². The van der Waals surface area contributed by atoms with Gasteiger partial charge in [0.05, 0.1) is 23.4 Å². The summed E-state index contributed by atoms with van der Waals surface area (Å²) < 4.78 is 25.6. The topological polar surface area (TPSA) is 97.6 Å². The zero-order chi connectivity index (χ0) is 18.8. The molecule has 132 valence electrons. The van der Waals surface area contributed by atoms with Gasteiger partial charge in [0.1, 0.15) is 0 Å². The van der Waals surface area contributed by atoms with E-state index in [0.29, 0.717) is 22.4 Å². The fraction of sp³-hybridized carbons (Fsp3) is 0.235. The fourth-order valence-electron chi connectivity index (χ4n) is 2.46. The van der Waals surface area contributed by atoms with Crippen LogP contribution in [-0.2, 0) is 16.6 Å². The first-order chi connectivity index (χ1) is 11.6. The van der Waals surface area contributed by atoms with Gasteiger partial charge >= 0.3 is 0 Å². The number of anilines is 1. The molecule has 0 heterocycles. The molecule has 0 saturated heterocycles. The molecule has 0 aliphatic carbocycles. The van der Waals surface area contributed by atoms with Crippen LogP contribution < -0.4 is 4.31 Å². The van der Waals surface area contributed by atoms with Crippen LogP contribution in [0.1, 0.15) is 28.4 Å². The molecule has 7 nitrogen and oxygen atoms in total. The number of hydrogen-bond acceptors (Lipinski definition) is 5. The van der Waals surface area contributed by atoms with E-state index in [4.69, 9.17) is 0 Å². The summed E-state index contributed by atoms with van der Waals surface area (Å²) in [5.41, 5.74) is 1.76. The number of rotatable bonds is 6. The summed E-state index contributed by atoms with van der Waals surface area (Å²) >= 11 is 0. The van der Waals surface area contributed by atoms with Gasteiger partial charge in [0.25, 0.3) is 5.69 Å². The zero-order valence-corrected chi connectivity index (χ0v) is 14.9. The average Bonchev–Trinajstić information content (AvgIpc) is 2.52. The van der Waals surface area contributed by atoms with Crippen molar-refractivity contribution in [3.8, 4) is 0 Å². The van der Waals surface area contributed by atoms with E-state index in [2.05, 4.69) is 0 Å². The Morgan fingerprint density at radius 1 is 1.16 bits per heavy atom. The SMILES string of the molecule is CC(=O)c1ccc(N(Cc2cccc([N+](=O)[O-])c2C)S(C)(=O)=O)cc1. The number of sulfonamides is 1. The maximum atomic E-state index is 12.2. The van der Waals surface area contributed by atoms with Gasteiger partial charge in [-0.05, 0) is 43.7 Å². The van der Waals surface area contributed by atoms with Crippen molar-refractivity contribution in [2.45, 2.75) is 20.4 Å². The number of Topliss-reactive ketones (excluding diaryl/α,β-unsaturated/α-hetero) is 1. The van der Waals surface area contributed by atoms with Crippen LogP contribution in [0.15, 0.2) is 42.5 Å². The summed E-state index contributed by atoms with van der Waals surface area (Å²) in [4.78, 5) is 21.9. The minimum absolute atomic E-state index is 0.0359. The second kappa shape index (κ2) is 7.02. The highest BCUT2D eigenvalue weighted by molar-refractivity contribution is 7.92. The number of ketones is 1. The van der Waals surface area contributed by atoms with Gasteiger partial charge in [-0.25, -0.2) is 8.42 Å². The maximum Gasteiger partial charge on any atom is 0.272 e. The van der Waals surface area contributed by atoms with Crippen molar-refractivity contribution in [3.63, 3.8) is 0 Å². The minimum Gasteiger partial charge on any atom is -0.295 e. The molecule has 0 aliphatic rings. The molecule has 0 aliphatic heterocycles. The molecule has 0 atom stereocenters. The molecule has 25 heavy (non-hydrogen) atoms. The molecule has 0 aromatic heterocycles. The van der Waals surface area contributed by atoms with E-state index >= 15 is 0 Å². The number of carbonyl (C=O) groups excluding carboxylic acids is 1. The van der Waals surface area contributed by atoms with E-state index < -0.39 is 14.9 Å². The Morgan fingerprint density at radius 3 is 2.24 bits per heavy atom. The molecule has 0 fully saturated rings.